The fourth-order valence-corrected chi connectivity index (χ4v) is 24.5. The van der Waals surface area contributed by atoms with Crippen molar-refractivity contribution in [3.63, 3.8) is 0 Å². The molecule has 1 radical (unpaired) electrons. The molecule has 0 bridgehead atoms. The minimum absolute atomic E-state index is 0.387. The average Bonchev–Trinajstić information content (AvgIpc) is 2.96. The molecule has 1 N–H and O–H groups in total. The van der Waals surface area contributed by atoms with Gasteiger partial charge in [-0.15, -0.1) is 0 Å². The fraction of sp³-hybridized carbons (Fsp3) is 0.971. The Labute approximate surface area is 237 Å². The van der Waals surface area contributed by atoms with Gasteiger partial charge in [-0.3, -0.25) is 4.79 Å². The SMILES string of the molecule is C1CC[CH]([Sn]([CH]2CCCCC2)[CH]2CCCCC2)CC1.O=C(O)CCC(C1CCCCC1)C1CCCCC1. The van der Waals surface area contributed by atoms with Crippen LogP contribution >= 0.6 is 0 Å². The number of carboxylic acid groups (broad SMARTS) is 1. The van der Waals surface area contributed by atoms with Gasteiger partial charge in [0.15, 0.2) is 0 Å². The number of carbonyl (C=O) groups is 1. The van der Waals surface area contributed by atoms with Crippen molar-refractivity contribution in [1.29, 1.82) is 0 Å². The third-order valence-corrected chi connectivity index (χ3v) is 24.4. The van der Waals surface area contributed by atoms with Gasteiger partial charge in [-0.2, -0.15) is 0 Å². The Balaban J connectivity index is 0.000000173. The summed E-state index contributed by atoms with van der Waals surface area (Å²) in [5.41, 5.74) is 0. The molecule has 37 heavy (non-hydrogen) atoms. The summed E-state index contributed by atoms with van der Waals surface area (Å²) in [7, 11) is 0. The summed E-state index contributed by atoms with van der Waals surface area (Å²) >= 11 is -1.15. The fourth-order valence-electron chi connectivity index (χ4n) is 9.58. The zero-order valence-electron chi connectivity index (χ0n) is 24.4. The van der Waals surface area contributed by atoms with E-state index >= 15 is 0 Å². The summed E-state index contributed by atoms with van der Waals surface area (Å²) in [5.74, 6) is 1.77. The Morgan fingerprint density at radius 1 is 0.514 bits per heavy atom. The van der Waals surface area contributed by atoms with Gasteiger partial charge < -0.3 is 5.11 Å². The minimum atomic E-state index is -1.15. The zero-order chi connectivity index (χ0) is 25.7. The summed E-state index contributed by atoms with van der Waals surface area (Å²) < 4.78 is 3.96. The van der Waals surface area contributed by atoms with Crippen molar-refractivity contribution < 1.29 is 9.90 Å². The molecule has 5 rings (SSSR count). The molecule has 5 saturated carbocycles. The van der Waals surface area contributed by atoms with E-state index in [1.165, 1.54) is 76.0 Å². The second-order valence-electron chi connectivity index (χ2n) is 13.9. The maximum Gasteiger partial charge on any atom is 0.303 e. The summed E-state index contributed by atoms with van der Waals surface area (Å²) in [6.45, 7) is 0. The summed E-state index contributed by atoms with van der Waals surface area (Å²) in [5, 5.41) is 8.96. The van der Waals surface area contributed by atoms with Crippen LogP contribution in [0.25, 0.3) is 0 Å². The monoisotopic (exact) mass is 621 g/mol. The second kappa shape index (κ2) is 17.2. The molecule has 0 aliphatic heterocycles. The van der Waals surface area contributed by atoms with Crippen molar-refractivity contribution >= 4 is 25.7 Å². The number of hydrogen-bond acceptors (Lipinski definition) is 1. The molecule has 0 amide bonds. The van der Waals surface area contributed by atoms with E-state index < -0.39 is 25.7 Å². The predicted molar refractivity (Wildman–Crippen MR) is 160 cm³/mol. The molecule has 5 aliphatic carbocycles. The van der Waals surface area contributed by atoms with Gasteiger partial charge in [-0.25, -0.2) is 0 Å². The molecule has 0 aromatic heterocycles. The third-order valence-electron chi connectivity index (χ3n) is 11.4. The number of aliphatic carboxylic acids is 1. The maximum absolute atomic E-state index is 10.9. The van der Waals surface area contributed by atoms with Crippen LogP contribution in [-0.4, -0.2) is 30.8 Å². The van der Waals surface area contributed by atoms with Gasteiger partial charge in [-0.1, -0.05) is 64.2 Å². The second-order valence-corrected chi connectivity index (χ2v) is 23.7. The smallest absolute Gasteiger partial charge is 0.303 e. The van der Waals surface area contributed by atoms with Crippen molar-refractivity contribution in [3.8, 4) is 0 Å². The molecule has 5 fully saturated rings. The minimum Gasteiger partial charge on any atom is -0.481 e. The molecule has 5 aliphatic rings. The van der Waals surface area contributed by atoms with Gasteiger partial charge in [0.25, 0.3) is 0 Å². The molecule has 0 aromatic rings. The molecule has 0 saturated heterocycles. The van der Waals surface area contributed by atoms with Gasteiger partial charge >= 0.3 is 134 Å². The number of rotatable bonds is 8. The van der Waals surface area contributed by atoms with Crippen molar-refractivity contribution in [2.45, 2.75) is 185 Å². The van der Waals surface area contributed by atoms with Crippen LogP contribution < -0.4 is 0 Å². The Morgan fingerprint density at radius 2 is 0.811 bits per heavy atom. The van der Waals surface area contributed by atoms with Crippen LogP contribution in [0.2, 0.25) is 11.8 Å². The topological polar surface area (TPSA) is 37.3 Å². The van der Waals surface area contributed by atoms with E-state index in [1.54, 1.807) is 96.3 Å². The first kappa shape index (κ1) is 30.2. The van der Waals surface area contributed by atoms with Gasteiger partial charge in [0, 0.05) is 6.42 Å². The first-order valence-corrected chi connectivity index (χ1v) is 22.2. The largest absolute Gasteiger partial charge is 0.481 e. The Bertz CT molecular complexity index is 545. The van der Waals surface area contributed by atoms with Crippen LogP contribution in [0.4, 0.5) is 0 Å². The van der Waals surface area contributed by atoms with Gasteiger partial charge in [0.1, 0.15) is 0 Å². The maximum atomic E-state index is 10.9. The van der Waals surface area contributed by atoms with E-state index in [4.69, 9.17) is 5.11 Å². The van der Waals surface area contributed by atoms with Crippen molar-refractivity contribution in [2.75, 3.05) is 0 Å². The third kappa shape index (κ3) is 10.00. The van der Waals surface area contributed by atoms with E-state index in [0.29, 0.717) is 12.3 Å². The van der Waals surface area contributed by atoms with Crippen molar-refractivity contribution in [2.24, 2.45) is 17.8 Å². The molecule has 213 valence electrons. The Kier molecular flexibility index (Phi) is 14.0. The van der Waals surface area contributed by atoms with Crippen LogP contribution in [0.15, 0.2) is 0 Å². The van der Waals surface area contributed by atoms with Gasteiger partial charge in [-0.05, 0) is 24.2 Å². The molecule has 0 spiro atoms. The molecule has 0 aromatic carbocycles. The van der Waals surface area contributed by atoms with E-state index in [1.807, 2.05) is 0 Å². The standard InChI is InChI=1S/C16H28O2.3C6H11.Sn/c17-16(18)12-11-15(13-7-3-1-4-8-13)14-9-5-2-6-10-14;3*1-2-4-6-5-3-1;/h13-15H,1-12H2,(H,17,18);3*1H,2-6H2;. The summed E-state index contributed by atoms with van der Waals surface area (Å²) in [6, 6.07) is 0. The van der Waals surface area contributed by atoms with Crippen LogP contribution in [0.5, 0.6) is 0 Å². The summed E-state index contributed by atoms with van der Waals surface area (Å²) in [4.78, 5) is 10.9. The van der Waals surface area contributed by atoms with E-state index in [-0.39, 0.29) is 0 Å². The van der Waals surface area contributed by atoms with Gasteiger partial charge in [0.2, 0.25) is 0 Å². The molecular formula is C34H61O2Sn. The first-order valence-electron chi connectivity index (χ1n) is 17.3. The molecule has 0 heterocycles. The van der Waals surface area contributed by atoms with Crippen LogP contribution in [-0.2, 0) is 4.79 Å². The Hall–Kier alpha value is 0.269. The zero-order valence-corrected chi connectivity index (χ0v) is 27.3. The van der Waals surface area contributed by atoms with Crippen molar-refractivity contribution in [1.82, 2.24) is 0 Å². The number of hydrogen-bond donors (Lipinski definition) is 1. The predicted octanol–water partition coefficient (Wildman–Crippen LogP) is 11.1. The molecule has 0 atom stereocenters. The van der Waals surface area contributed by atoms with Crippen LogP contribution in [0, 0.1) is 17.8 Å². The Morgan fingerprint density at radius 3 is 1.11 bits per heavy atom. The molecular weight excluding hydrogens is 559 g/mol. The summed E-state index contributed by atoms with van der Waals surface area (Å²) in [6.07, 6.45) is 39.3. The quantitative estimate of drug-likeness (QED) is 0.274. The average molecular weight is 621 g/mol. The molecule has 2 nitrogen and oxygen atoms in total. The van der Waals surface area contributed by atoms with Crippen LogP contribution in [0.3, 0.4) is 0 Å². The first-order chi connectivity index (χ1) is 18.2. The molecule has 3 heteroatoms. The normalized spacial score (nSPS) is 26.2. The van der Waals surface area contributed by atoms with Crippen LogP contribution in [0.1, 0.15) is 173 Å². The molecule has 0 unspecified atom stereocenters. The van der Waals surface area contributed by atoms with E-state index in [2.05, 4.69) is 0 Å². The van der Waals surface area contributed by atoms with Gasteiger partial charge in [0.05, 0.1) is 0 Å². The van der Waals surface area contributed by atoms with Crippen molar-refractivity contribution in [3.05, 3.63) is 0 Å². The van der Waals surface area contributed by atoms with E-state index in [9.17, 15) is 4.79 Å². The number of carboxylic acids is 1. The van der Waals surface area contributed by atoms with E-state index in [0.717, 1.165) is 18.3 Å².